The van der Waals surface area contributed by atoms with Crippen molar-refractivity contribution in [2.24, 2.45) is 0 Å². The molecule has 3 rings (SSSR count). The lowest BCUT2D eigenvalue weighted by Gasteiger charge is -2.14. The van der Waals surface area contributed by atoms with Gasteiger partial charge in [0.1, 0.15) is 0 Å². The number of carboxylic acid groups (broad SMARTS) is 1. The Hall–Kier alpha value is -2.76. The molecule has 0 unspecified atom stereocenters. The first kappa shape index (κ1) is 16.1. The predicted molar refractivity (Wildman–Crippen MR) is 91.9 cm³/mol. The van der Waals surface area contributed by atoms with Gasteiger partial charge in [0.2, 0.25) is 0 Å². The number of rotatable bonds is 5. The van der Waals surface area contributed by atoms with Crippen LogP contribution in [0.25, 0.3) is 22.2 Å². The minimum absolute atomic E-state index is 0.0716. The zero-order valence-electron chi connectivity index (χ0n) is 14.1. The summed E-state index contributed by atoms with van der Waals surface area (Å²) in [6.45, 7) is 6.68. The summed E-state index contributed by atoms with van der Waals surface area (Å²) in [6.07, 6.45) is 5.94. The molecule has 3 heterocycles. The van der Waals surface area contributed by atoms with Crippen molar-refractivity contribution in [2.45, 2.75) is 40.2 Å². The zero-order valence-corrected chi connectivity index (χ0v) is 14.1. The van der Waals surface area contributed by atoms with Gasteiger partial charge in [-0.1, -0.05) is 0 Å². The molecular formula is C18H20N4O2. The molecule has 0 amide bonds. The van der Waals surface area contributed by atoms with Crippen LogP contribution in [0.3, 0.4) is 0 Å². The summed E-state index contributed by atoms with van der Waals surface area (Å²) in [5.41, 5.74) is 5.65. The molecule has 0 radical (unpaired) electrons. The van der Waals surface area contributed by atoms with E-state index in [0.29, 0.717) is 6.42 Å². The van der Waals surface area contributed by atoms with Crippen LogP contribution < -0.4 is 0 Å². The molecule has 3 aromatic heterocycles. The van der Waals surface area contributed by atoms with E-state index < -0.39 is 5.97 Å². The van der Waals surface area contributed by atoms with Gasteiger partial charge in [0.05, 0.1) is 6.20 Å². The molecule has 6 nitrogen and oxygen atoms in total. The van der Waals surface area contributed by atoms with Gasteiger partial charge in [-0.25, -0.2) is 9.67 Å². The van der Waals surface area contributed by atoms with Crippen LogP contribution in [-0.2, 0) is 17.8 Å². The maximum atomic E-state index is 11.1. The number of hydrogen-bond donors (Lipinski definition) is 1. The number of aryl methyl sites for hydroxylation is 3. The van der Waals surface area contributed by atoms with Crippen LogP contribution in [0.4, 0.5) is 0 Å². The molecule has 0 saturated carbocycles. The number of hydrogen-bond acceptors (Lipinski definition) is 4. The second-order valence-electron chi connectivity index (χ2n) is 5.89. The van der Waals surface area contributed by atoms with Crippen molar-refractivity contribution in [2.75, 3.05) is 0 Å². The molecule has 0 atom stereocenters. The number of fused-ring (bicyclic) bond motifs is 1. The summed E-state index contributed by atoms with van der Waals surface area (Å²) in [5.74, 6) is -0.813. The van der Waals surface area contributed by atoms with Crippen molar-refractivity contribution in [3.8, 4) is 11.1 Å². The van der Waals surface area contributed by atoms with E-state index in [4.69, 9.17) is 5.11 Å². The van der Waals surface area contributed by atoms with Gasteiger partial charge in [-0.3, -0.25) is 9.78 Å². The van der Waals surface area contributed by atoms with Crippen molar-refractivity contribution in [1.29, 1.82) is 0 Å². The Kier molecular flexibility index (Phi) is 4.29. The van der Waals surface area contributed by atoms with Gasteiger partial charge in [0.25, 0.3) is 0 Å². The predicted octanol–water partition coefficient (Wildman–Crippen LogP) is 3.15. The van der Waals surface area contributed by atoms with Gasteiger partial charge in [-0.15, -0.1) is 0 Å². The van der Waals surface area contributed by atoms with Crippen molar-refractivity contribution in [3.05, 3.63) is 41.5 Å². The molecule has 0 aliphatic rings. The van der Waals surface area contributed by atoms with Gasteiger partial charge in [0.15, 0.2) is 5.65 Å². The Balaban J connectivity index is 2.30. The highest BCUT2D eigenvalue weighted by Gasteiger charge is 2.18. The maximum Gasteiger partial charge on any atom is 0.303 e. The molecule has 0 saturated heterocycles. The van der Waals surface area contributed by atoms with Gasteiger partial charge >= 0.3 is 5.97 Å². The van der Waals surface area contributed by atoms with Crippen LogP contribution in [0, 0.1) is 13.8 Å². The first-order chi connectivity index (χ1) is 11.5. The second kappa shape index (κ2) is 6.39. The summed E-state index contributed by atoms with van der Waals surface area (Å²) in [7, 11) is 0. The second-order valence-corrected chi connectivity index (χ2v) is 5.89. The van der Waals surface area contributed by atoms with Gasteiger partial charge in [-0.05, 0) is 44.4 Å². The van der Waals surface area contributed by atoms with Crippen LogP contribution in [0.15, 0.2) is 24.7 Å². The first-order valence-electron chi connectivity index (χ1n) is 8.00. The Morgan fingerprint density at radius 1 is 1.25 bits per heavy atom. The molecule has 3 aromatic rings. The largest absolute Gasteiger partial charge is 0.481 e. The minimum Gasteiger partial charge on any atom is -0.481 e. The van der Waals surface area contributed by atoms with E-state index >= 15 is 0 Å². The standard InChI is InChI=1S/C18H20N4O2/c1-4-22-18-15(10-20-22)17(13-7-11(2)8-19-9-13)14(12(3)21-18)5-6-16(23)24/h7-10H,4-6H2,1-3H3,(H,23,24). The molecule has 124 valence electrons. The molecule has 0 fully saturated rings. The van der Waals surface area contributed by atoms with Gasteiger partial charge in [-0.2, -0.15) is 5.10 Å². The van der Waals surface area contributed by atoms with Crippen molar-refractivity contribution >= 4 is 17.0 Å². The zero-order chi connectivity index (χ0) is 17.3. The Labute approximate surface area is 140 Å². The molecule has 24 heavy (non-hydrogen) atoms. The van der Waals surface area contributed by atoms with E-state index in [1.165, 1.54) is 0 Å². The summed E-state index contributed by atoms with van der Waals surface area (Å²) >= 11 is 0. The number of carboxylic acids is 1. The molecular weight excluding hydrogens is 304 g/mol. The molecule has 0 aliphatic carbocycles. The molecule has 0 bridgehead atoms. The third kappa shape index (κ3) is 2.87. The molecule has 0 aliphatic heterocycles. The van der Waals surface area contributed by atoms with E-state index in [-0.39, 0.29) is 6.42 Å². The Morgan fingerprint density at radius 3 is 2.71 bits per heavy atom. The SMILES string of the molecule is CCn1ncc2c(-c3cncc(C)c3)c(CCC(=O)O)c(C)nc21. The molecule has 1 N–H and O–H groups in total. The lowest BCUT2D eigenvalue weighted by molar-refractivity contribution is -0.136. The van der Waals surface area contributed by atoms with E-state index in [2.05, 4.69) is 21.1 Å². The number of nitrogens with zero attached hydrogens (tertiary/aromatic N) is 4. The van der Waals surface area contributed by atoms with Crippen LogP contribution in [0.5, 0.6) is 0 Å². The fourth-order valence-corrected chi connectivity index (χ4v) is 3.03. The average molecular weight is 324 g/mol. The lowest BCUT2D eigenvalue weighted by atomic mass is 9.94. The van der Waals surface area contributed by atoms with E-state index in [1.54, 1.807) is 6.20 Å². The van der Waals surface area contributed by atoms with Crippen LogP contribution >= 0.6 is 0 Å². The van der Waals surface area contributed by atoms with Crippen LogP contribution in [0.2, 0.25) is 0 Å². The molecule has 0 spiro atoms. The minimum atomic E-state index is -0.813. The topological polar surface area (TPSA) is 80.9 Å². The maximum absolute atomic E-state index is 11.1. The third-order valence-electron chi connectivity index (χ3n) is 4.15. The number of carbonyl (C=O) groups is 1. The number of aliphatic carboxylic acids is 1. The summed E-state index contributed by atoms with van der Waals surface area (Å²) in [6, 6.07) is 2.06. The van der Waals surface area contributed by atoms with Gasteiger partial charge < -0.3 is 5.11 Å². The number of aromatic nitrogens is 4. The fraction of sp³-hybridized carbons (Fsp3) is 0.333. The van der Waals surface area contributed by atoms with E-state index in [9.17, 15) is 4.79 Å². The van der Waals surface area contributed by atoms with Crippen LogP contribution in [0.1, 0.15) is 30.2 Å². The molecule has 6 heteroatoms. The van der Waals surface area contributed by atoms with Crippen molar-refractivity contribution < 1.29 is 9.90 Å². The van der Waals surface area contributed by atoms with Gasteiger partial charge in [0, 0.05) is 47.6 Å². The average Bonchev–Trinajstić information content (AvgIpc) is 2.94. The summed E-state index contributed by atoms with van der Waals surface area (Å²) < 4.78 is 1.86. The van der Waals surface area contributed by atoms with E-state index in [0.717, 1.165) is 45.5 Å². The highest BCUT2D eigenvalue weighted by molar-refractivity contribution is 5.95. The highest BCUT2D eigenvalue weighted by atomic mass is 16.4. The molecule has 0 aromatic carbocycles. The third-order valence-corrected chi connectivity index (χ3v) is 4.15. The Morgan fingerprint density at radius 2 is 2.04 bits per heavy atom. The lowest BCUT2D eigenvalue weighted by Crippen LogP contribution is -2.05. The highest BCUT2D eigenvalue weighted by Crippen LogP contribution is 2.33. The fourth-order valence-electron chi connectivity index (χ4n) is 3.03. The van der Waals surface area contributed by atoms with Crippen molar-refractivity contribution in [1.82, 2.24) is 19.7 Å². The normalized spacial score (nSPS) is 11.1. The van der Waals surface area contributed by atoms with E-state index in [1.807, 2.05) is 37.8 Å². The summed E-state index contributed by atoms with van der Waals surface area (Å²) in [4.78, 5) is 20.0. The quantitative estimate of drug-likeness (QED) is 0.779. The first-order valence-corrected chi connectivity index (χ1v) is 8.00. The smallest absolute Gasteiger partial charge is 0.303 e. The van der Waals surface area contributed by atoms with Crippen molar-refractivity contribution in [3.63, 3.8) is 0 Å². The summed E-state index contributed by atoms with van der Waals surface area (Å²) in [5, 5.41) is 14.4. The van der Waals surface area contributed by atoms with Crippen LogP contribution in [-0.4, -0.2) is 30.8 Å². The monoisotopic (exact) mass is 324 g/mol. The Bertz CT molecular complexity index is 915. The number of pyridine rings is 2.